The van der Waals surface area contributed by atoms with Gasteiger partial charge in [0.2, 0.25) is 5.91 Å². The van der Waals surface area contributed by atoms with Crippen LogP contribution in [-0.4, -0.2) is 28.6 Å². The van der Waals surface area contributed by atoms with Gasteiger partial charge in [0.25, 0.3) is 0 Å². The quantitative estimate of drug-likeness (QED) is 0.218. The van der Waals surface area contributed by atoms with Crippen LogP contribution in [0.5, 0.6) is 0 Å². The summed E-state index contributed by atoms with van der Waals surface area (Å²) < 4.78 is 4.80. The fraction of sp³-hybridized carbons (Fsp3) is 0.286. The van der Waals surface area contributed by atoms with Crippen molar-refractivity contribution in [2.24, 2.45) is 5.92 Å². The van der Waals surface area contributed by atoms with Gasteiger partial charge in [0, 0.05) is 11.9 Å². The van der Waals surface area contributed by atoms with Crippen LogP contribution in [0.1, 0.15) is 20.8 Å². The van der Waals surface area contributed by atoms with Gasteiger partial charge in [-0.1, -0.05) is 64.1 Å². The summed E-state index contributed by atoms with van der Waals surface area (Å²) in [6.45, 7) is 20.1. The van der Waals surface area contributed by atoms with E-state index >= 15 is 0 Å². The van der Waals surface area contributed by atoms with Gasteiger partial charge in [0.05, 0.1) is 5.25 Å². The first-order valence-corrected chi connectivity index (χ1v) is 9.41. The largest absolute Gasteiger partial charge is 0.457 e. The van der Waals surface area contributed by atoms with Gasteiger partial charge in [-0.15, -0.1) is 0 Å². The van der Waals surface area contributed by atoms with Crippen LogP contribution in [0.15, 0.2) is 73.2 Å². The number of hydrogen-bond donors (Lipinski definition) is 1. The maximum atomic E-state index is 11.7. The number of ether oxygens (including phenoxy) is 1. The fourth-order valence-electron chi connectivity index (χ4n) is 1.96. The van der Waals surface area contributed by atoms with E-state index in [0.29, 0.717) is 5.92 Å². The molecule has 0 aromatic carbocycles. The van der Waals surface area contributed by atoms with Crippen molar-refractivity contribution in [3.8, 4) is 6.07 Å². The number of allylic oxidation sites excluding steroid dienone is 2. The summed E-state index contributed by atoms with van der Waals surface area (Å²) in [7, 11) is 0. The SMILES string of the molecule is C=CCOC(=O)/C(C#N)=C1\SC(C)C(=O)N1C=C.C=CN/C(C=C)=C\C(C)C. The van der Waals surface area contributed by atoms with Crippen LogP contribution in [0.4, 0.5) is 0 Å². The van der Waals surface area contributed by atoms with E-state index in [2.05, 4.69) is 51.6 Å². The van der Waals surface area contributed by atoms with Gasteiger partial charge in [-0.05, 0) is 25.1 Å². The molecule has 1 aliphatic rings. The molecular weight excluding hydrogens is 374 g/mol. The van der Waals surface area contributed by atoms with Crippen LogP contribution in [0, 0.1) is 17.2 Å². The van der Waals surface area contributed by atoms with Crippen LogP contribution in [0.2, 0.25) is 0 Å². The van der Waals surface area contributed by atoms with E-state index in [0.717, 1.165) is 17.5 Å². The number of nitrogens with zero attached hydrogens (tertiary/aromatic N) is 2. The Kier molecular flexibility index (Phi) is 11.8. The summed E-state index contributed by atoms with van der Waals surface area (Å²) in [5.41, 5.74) is 0.824. The molecule has 1 aliphatic heterocycles. The maximum Gasteiger partial charge on any atom is 0.351 e. The van der Waals surface area contributed by atoms with Gasteiger partial charge in [-0.3, -0.25) is 9.69 Å². The van der Waals surface area contributed by atoms with Crippen molar-refractivity contribution in [3.05, 3.63) is 73.2 Å². The lowest BCUT2D eigenvalue weighted by Crippen LogP contribution is -2.23. The number of carbonyl (C=O) groups excluding carboxylic acids is 2. The summed E-state index contributed by atoms with van der Waals surface area (Å²) in [5.74, 6) is -0.441. The average molecular weight is 402 g/mol. The third kappa shape index (κ3) is 7.72. The topological polar surface area (TPSA) is 82.4 Å². The second-order valence-electron chi connectivity index (χ2n) is 5.75. The standard InChI is InChI=1S/C12H12N2O3S.C9H15N/c1-4-6-17-12(16)9(7-13)11-14(5-2)10(15)8(3)18-11;1-5-9(10-6-2)7-8(3)4/h4-5,8H,1-2,6H2,3H3;5-8,10H,1-2H2,3-4H3/b11-9-;9-7-. The van der Waals surface area contributed by atoms with Crippen molar-refractivity contribution < 1.29 is 14.3 Å². The molecule has 0 spiro atoms. The van der Waals surface area contributed by atoms with Crippen molar-refractivity contribution >= 4 is 23.6 Å². The first kappa shape index (κ1) is 25.0. The van der Waals surface area contributed by atoms with Gasteiger partial charge in [0.15, 0.2) is 5.57 Å². The molecule has 1 heterocycles. The molecule has 0 radical (unpaired) electrons. The number of thioether (sulfide) groups is 1. The van der Waals surface area contributed by atoms with Gasteiger partial charge in [-0.25, -0.2) is 4.79 Å². The van der Waals surface area contributed by atoms with E-state index in [4.69, 9.17) is 10.00 Å². The Labute approximate surface area is 171 Å². The molecule has 6 nitrogen and oxygen atoms in total. The van der Waals surface area contributed by atoms with Crippen LogP contribution in [0.3, 0.4) is 0 Å². The monoisotopic (exact) mass is 401 g/mol. The minimum atomic E-state index is -0.770. The van der Waals surface area contributed by atoms with E-state index in [-0.39, 0.29) is 28.4 Å². The van der Waals surface area contributed by atoms with Crippen molar-refractivity contribution in [2.45, 2.75) is 26.0 Å². The normalized spacial score (nSPS) is 17.7. The van der Waals surface area contributed by atoms with Crippen LogP contribution in [0.25, 0.3) is 0 Å². The highest BCUT2D eigenvalue weighted by atomic mass is 32.2. The molecule has 0 aromatic rings. The molecule has 7 heteroatoms. The van der Waals surface area contributed by atoms with Crippen molar-refractivity contribution in [1.82, 2.24) is 10.2 Å². The molecular formula is C21H27N3O3S. The number of nitriles is 1. The lowest BCUT2D eigenvalue weighted by Gasteiger charge is -2.11. The Bertz CT molecular complexity index is 730. The zero-order valence-electron chi connectivity index (χ0n) is 16.6. The van der Waals surface area contributed by atoms with E-state index in [1.54, 1.807) is 25.3 Å². The molecule has 0 saturated carbocycles. The number of nitrogens with one attached hydrogen (secondary N) is 1. The third-order valence-corrected chi connectivity index (χ3v) is 4.32. The predicted molar refractivity (Wildman–Crippen MR) is 114 cm³/mol. The highest BCUT2D eigenvalue weighted by molar-refractivity contribution is 8.04. The van der Waals surface area contributed by atoms with Crippen LogP contribution < -0.4 is 5.32 Å². The minimum absolute atomic E-state index is 0.0134. The van der Waals surface area contributed by atoms with Crippen LogP contribution >= 0.6 is 11.8 Å². The molecule has 1 amide bonds. The first-order chi connectivity index (χ1) is 13.3. The number of amides is 1. The Morgan fingerprint density at radius 1 is 1.39 bits per heavy atom. The molecule has 0 bridgehead atoms. The molecule has 28 heavy (non-hydrogen) atoms. The Balaban J connectivity index is 0.000000621. The minimum Gasteiger partial charge on any atom is -0.457 e. The van der Waals surface area contributed by atoms with Crippen molar-refractivity contribution in [2.75, 3.05) is 6.61 Å². The Morgan fingerprint density at radius 2 is 2.04 bits per heavy atom. The molecule has 1 N–H and O–H groups in total. The predicted octanol–water partition coefficient (Wildman–Crippen LogP) is 4.00. The number of esters is 1. The summed E-state index contributed by atoms with van der Waals surface area (Å²) in [5, 5.41) is 11.9. The highest BCUT2D eigenvalue weighted by Gasteiger charge is 2.36. The van der Waals surface area contributed by atoms with Gasteiger partial charge < -0.3 is 10.1 Å². The molecule has 1 saturated heterocycles. The lowest BCUT2D eigenvalue weighted by molar-refractivity contribution is -0.137. The molecule has 0 aliphatic carbocycles. The molecule has 1 atom stereocenters. The Morgan fingerprint density at radius 3 is 2.46 bits per heavy atom. The summed E-state index contributed by atoms with van der Waals surface area (Å²) in [6, 6.07) is 1.77. The van der Waals surface area contributed by atoms with E-state index in [1.807, 2.05) is 0 Å². The molecule has 1 fully saturated rings. The molecule has 0 aromatic heterocycles. The fourth-order valence-corrected chi connectivity index (χ4v) is 3.04. The molecule has 1 rings (SSSR count). The zero-order chi connectivity index (χ0) is 21.7. The lowest BCUT2D eigenvalue weighted by atomic mass is 10.2. The summed E-state index contributed by atoms with van der Waals surface area (Å²) in [6.07, 6.45) is 8.21. The van der Waals surface area contributed by atoms with Gasteiger partial charge in [-0.2, -0.15) is 5.26 Å². The first-order valence-electron chi connectivity index (χ1n) is 8.53. The van der Waals surface area contributed by atoms with E-state index < -0.39 is 5.97 Å². The zero-order valence-corrected chi connectivity index (χ0v) is 17.4. The average Bonchev–Trinajstić information content (AvgIpc) is 2.94. The highest BCUT2D eigenvalue weighted by Crippen LogP contribution is 2.37. The van der Waals surface area contributed by atoms with E-state index in [9.17, 15) is 9.59 Å². The number of carbonyl (C=O) groups is 2. The summed E-state index contributed by atoms with van der Waals surface area (Å²) >= 11 is 1.14. The van der Waals surface area contributed by atoms with Gasteiger partial charge in [0.1, 0.15) is 17.7 Å². The number of rotatable bonds is 8. The second-order valence-corrected chi connectivity index (χ2v) is 7.08. The van der Waals surface area contributed by atoms with E-state index in [1.165, 1.54) is 17.2 Å². The second kappa shape index (κ2) is 13.2. The Hall–Kier alpha value is -2.98. The third-order valence-electron chi connectivity index (χ3n) is 3.14. The van der Waals surface area contributed by atoms with Crippen molar-refractivity contribution in [3.63, 3.8) is 0 Å². The summed E-state index contributed by atoms with van der Waals surface area (Å²) in [4.78, 5) is 24.6. The number of hydrogen-bond acceptors (Lipinski definition) is 6. The molecule has 1 unspecified atom stereocenters. The molecule has 150 valence electrons. The van der Waals surface area contributed by atoms with Gasteiger partial charge >= 0.3 is 5.97 Å². The smallest absolute Gasteiger partial charge is 0.351 e. The van der Waals surface area contributed by atoms with Crippen LogP contribution in [-0.2, 0) is 14.3 Å². The van der Waals surface area contributed by atoms with Crippen molar-refractivity contribution in [1.29, 1.82) is 5.26 Å². The maximum absolute atomic E-state index is 11.7.